The van der Waals surface area contributed by atoms with E-state index in [1.807, 2.05) is 13.8 Å². The van der Waals surface area contributed by atoms with Crippen LogP contribution < -0.4 is 5.32 Å². The first kappa shape index (κ1) is 16.8. The molecule has 5 nitrogen and oxygen atoms in total. The van der Waals surface area contributed by atoms with E-state index in [0.29, 0.717) is 32.6 Å². The van der Waals surface area contributed by atoms with E-state index in [0.717, 1.165) is 6.42 Å². The molecule has 0 saturated heterocycles. The van der Waals surface area contributed by atoms with Crippen LogP contribution in [0.25, 0.3) is 0 Å². The van der Waals surface area contributed by atoms with Gasteiger partial charge in [0.1, 0.15) is 0 Å². The summed E-state index contributed by atoms with van der Waals surface area (Å²) in [5.74, 6) is 0. The smallest absolute Gasteiger partial charge is 0.211 e. The Kier molecular flexibility index (Phi) is 7.23. The number of nitrogens with one attached hydrogen (secondary N) is 1. The summed E-state index contributed by atoms with van der Waals surface area (Å²) in [4.78, 5) is 0. The van der Waals surface area contributed by atoms with Crippen LogP contribution in [0, 0.1) is 0 Å². The third-order valence-electron chi connectivity index (χ3n) is 2.85. The Bertz CT molecular complexity index is 302. The van der Waals surface area contributed by atoms with Crippen LogP contribution in [0.5, 0.6) is 0 Å². The molecule has 0 aliphatic rings. The Morgan fingerprint density at radius 2 is 1.94 bits per heavy atom. The summed E-state index contributed by atoms with van der Waals surface area (Å²) in [6.45, 7) is 7.83. The van der Waals surface area contributed by atoms with Crippen molar-refractivity contribution in [1.29, 1.82) is 0 Å². The minimum Gasteiger partial charge on any atom is -0.389 e. The zero-order chi connectivity index (χ0) is 13.5. The normalized spacial score (nSPS) is 16.1. The lowest BCUT2D eigenvalue weighted by atomic mass is 10.0. The monoisotopic (exact) mass is 266 g/mol. The number of aliphatic hydroxyl groups is 1. The lowest BCUT2D eigenvalue weighted by molar-refractivity contribution is 0.0559. The zero-order valence-corrected chi connectivity index (χ0v) is 12.2. The van der Waals surface area contributed by atoms with E-state index in [4.69, 9.17) is 0 Å². The van der Waals surface area contributed by atoms with Gasteiger partial charge in [-0.15, -0.1) is 0 Å². The standard InChI is InChI=1S/C11H26N2O3S/c1-5-11(3,14)10-12-8-7-9-13(6-2)17(4,15)16/h12,14H,5-10H2,1-4H3. The highest BCUT2D eigenvalue weighted by Gasteiger charge is 2.17. The van der Waals surface area contributed by atoms with E-state index in [9.17, 15) is 13.5 Å². The van der Waals surface area contributed by atoms with Gasteiger partial charge in [0.25, 0.3) is 0 Å². The second-order valence-electron chi connectivity index (χ2n) is 4.64. The van der Waals surface area contributed by atoms with Crippen LogP contribution >= 0.6 is 0 Å². The molecule has 2 N–H and O–H groups in total. The van der Waals surface area contributed by atoms with E-state index in [1.165, 1.54) is 10.6 Å². The van der Waals surface area contributed by atoms with Gasteiger partial charge in [-0.3, -0.25) is 0 Å². The van der Waals surface area contributed by atoms with Crippen LogP contribution in [0.3, 0.4) is 0 Å². The third-order valence-corrected chi connectivity index (χ3v) is 4.23. The van der Waals surface area contributed by atoms with Crippen molar-refractivity contribution in [2.75, 3.05) is 32.4 Å². The maximum Gasteiger partial charge on any atom is 0.211 e. The molecule has 1 atom stereocenters. The first-order valence-electron chi connectivity index (χ1n) is 6.11. The van der Waals surface area contributed by atoms with E-state index in [-0.39, 0.29) is 0 Å². The van der Waals surface area contributed by atoms with Crippen molar-refractivity contribution < 1.29 is 13.5 Å². The predicted octanol–water partition coefficient (Wildman–Crippen LogP) is 0.409. The van der Waals surface area contributed by atoms with Crippen LogP contribution in [0.2, 0.25) is 0 Å². The molecule has 0 spiro atoms. The number of hydrogen-bond acceptors (Lipinski definition) is 4. The summed E-state index contributed by atoms with van der Waals surface area (Å²) in [6, 6.07) is 0. The van der Waals surface area contributed by atoms with E-state index in [1.54, 1.807) is 6.92 Å². The van der Waals surface area contributed by atoms with Gasteiger partial charge in [-0.2, -0.15) is 0 Å². The van der Waals surface area contributed by atoms with Crippen LogP contribution in [-0.4, -0.2) is 55.9 Å². The minimum absolute atomic E-state index is 0.505. The maximum absolute atomic E-state index is 11.3. The van der Waals surface area contributed by atoms with E-state index < -0.39 is 15.6 Å². The lowest BCUT2D eigenvalue weighted by Gasteiger charge is -2.22. The molecule has 1 unspecified atom stereocenters. The van der Waals surface area contributed by atoms with Crippen LogP contribution in [0.15, 0.2) is 0 Å². The zero-order valence-electron chi connectivity index (χ0n) is 11.4. The molecule has 0 rings (SSSR count). The average molecular weight is 266 g/mol. The molecular weight excluding hydrogens is 240 g/mol. The molecule has 6 heteroatoms. The summed E-state index contributed by atoms with van der Waals surface area (Å²) in [6.07, 6.45) is 2.68. The summed E-state index contributed by atoms with van der Waals surface area (Å²) in [5.41, 5.74) is -0.679. The fourth-order valence-electron chi connectivity index (χ4n) is 1.42. The molecule has 17 heavy (non-hydrogen) atoms. The summed E-state index contributed by atoms with van der Waals surface area (Å²) >= 11 is 0. The first-order valence-corrected chi connectivity index (χ1v) is 7.96. The van der Waals surface area contributed by atoms with Gasteiger partial charge in [0, 0.05) is 19.6 Å². The van der Waals surface area contributed by atoms with Gasteiger partial charge in [0.15, 0.2) is 0 Å². The molecule has 0 radical (unpaired) electrons. The number of rotatable bonds is 9. The maximum atomic E-state index is 11.3. The Balaban J connectivity index is 3.78. The van der Waals surface area contributed by atoms with Crippen molar-refractivity contribution in [1.82, 2.24) is 9.62 Å². The van der Waals surface area contributed by atoms with Crippen molar-refractivity contribution in [3.05, 3.63) is 0 Å². The van der Waals surface area contributed by atoms with E-state index >= 15 is 0 Å². The van der Waals surface area contributed by atoms with Gasteiger partial charge in [-0.05, 0) is 26.3 Å². The fraction of sp³-hybridized carbons (Fsp3) is 1.00. The molecule has 104 valence electrons. The number of sulfonamides is 1. The molecule has 0 aromatic heterocycles. The molecule has 0 amide bonds. The summed E-state index contributed by atoms with van der Waals surface area (Å²) in [7, 11) is -3.08. The van der Waals surface area contributed by atoms with Gasteiger partial charge >= 0.3 is 0 Å². The molecule has 0 saturated carbocycles. The third kappa shape index (κ3) is 7.70. The van der Waals surface area contributed by atoms with Crippen molar-refractivity contribution in [3.8, 4) is 0 Å². The first-order chi connectivity index (χ1) is 7.73. The quantitative estimate of drug-likeness (QED) is 0.593. The second-order valence-corrected chi connectivity index (χ2v) is 6.62. The highest BCUT2D eigenvalue weighted by molar-refractivity contribution is 7.88. The second kappa shape index (κ2) is 7.31. The topological polar surface area (TPSA) is 69.6 Å². The predicted molar refractivity (Wildman–Crippen MR) is 70.5 cm³/mol. The highest BCUT2D eigenvalue weighted by atomic mass is 32.2. The van der Waals surface area contributed by atoms with Crippen molar-refractivity contribution in [2.24, 2.45) is 0 Å². The Labute approximate surface area is 105 Å². The molecule has 0 aliphatic carbocycles. The van der Waals surface area contributed by atoms with Crippen molar-refractivity contribution in [3.63, 3.8) is 0 Å². The lowest BCUT2D eigenvalue weighted by Crippen LogP contribution is -2.38. The van der Waals surface area contributed by atoms with Gasteiger partial charge in [0.2, 0.25) is 10.0 Å². The minimum atomic E-state index is -3.08. The van der Waals surface area contributed by atoms with Gasteiger partial charge < -0.3 is 10.4 Å². The summed E-state index contributed by atoms with van der Waals surface area (Å²) < 4.78 is 24.0. The van der Waals surface area contributed by atoms with Gasteiger partial charge in [-0.25, -0.2) is 12.7 Å². The molecular formula is C11H26N2O3S. The average Bonchev–Trinajstić information content (AvgIpc) is 2.21. The van der Waals surface area contributed by atoms with Crippen LogP contribution in [-0.2, 0) is 10.0 Å². The fourth-order valence-corrected chi connectivity index (χ4v) is 2.35. The SMILES string of the molecule is CCN(CCCNCC(C)(O)CC)S(C)(=O)=O. The van der Waals surface area contributed by atoms with Crippen molar-refractivity contribution >= 4 is 10.0 Å². The largest absolute Gasteiger partial charge is 0.389 e. The highest BCUT2D eigenvalue weighted by Crippen LogP contribution is 2.05. The molecule has 0 aromatic rings. The molecule has 0 bridgehead atoms. The van der Waals surface area contributed by atoms with Crippen molar-refractivity contribution in [2.45, 2.75) is 39.2 Å². The van der Waals surface area contributed by atoms with Crippen LogP contribution in [0.4, 0.5) is 0 Å². The van der Waals surface area contributed by atoms with Gasteiger partial charge in [-0.1, -0.05) is 13.8 Å². The number of hydrogen-bond donors (Lipinski definition) is 2. The molecule has 0 heterocycles. The Morgan fingerprint density at radius 3 is 2.35 bits per heavy atom. The Morgan fingerprint density at radius 1 is 1.35 bits per heavy atom. The Hall–Kier alpha value is -0.170. The molecule has 0 fully saturated rings. The molecule has 0 aliphatic heterocycles. The van der Waals surface area contributed by atoms with Gasteiger partial charge in [0.05, 0.1) is 11.9 Å². The van der Waals surface area contributed by atoms with Crippen LogP contribution in [0.1, 0.15) is 33.6 Å². The number of nitrogens with zero attached hydrogens (tertiary/aromatic N) is 1. The van der Waals surface area contributed by atoms with E-state index in [2.05, 4.69) is 5.32 Å². The summed E-state index contributed by atoms with van der Waals surface area (Å²) in [5, 5.41) is 12.9. The molecule has 0 aromatic carbocycles.